The zero-order valence-electron chi connectivity index (χ0n) is 16.6. The van der Waals surface area contributed by atoms with Crippen molar-refractivity contribution < 1.29 is 8.63 Å². The molecular formula is C19H35NO2SSi. The third-order valence-electron chi connectivity index (χ3n) is 4.61. The Morgan fingerprint density at radius 1 is 1.08 bits per heavy atom. The first-order chi connectivity index (χ1) is 10.8. The lowest BCUT2D eigenvalue weighted by molar-refractivity contribution is 0.255. The van der Waals surface area contributed by atoms with Gasteiger partial charge in [0.2, 0.25) is 0 Å². The minimum Gasteiger partial charge on any atom is -0.415 e. The van der Waals surface area contributed by atoms with Crippen molar-refractivity contribution in [1.82, 2.24) is 4.72 Å². The first-order valence-electron chi connectivity index (χ1n) is 8.69. The Hall–Kier alpha value is -0.493. The molecule has 1 aromatic carbocycles. The third-order valence-corrected chi connectivity index (χ3v) is 10.8. The fourth-order valence-electron chi connectivity index (χ4n) is 1.89. The summed E-state index contributed by atoms with van der Waals surface area (Å²) in [6.07, 6.45) is 0.817. The minimum absolute atomic E-state index is 0.0431. The molecule has 24 heavy (non-hydrogen) atoms. The van der Waals surface area contributed by atoms with Crippen LogP contribution in [0.3, 0.4) is 0 Å². The molecule has 0 aliphatic heterocycles. The topological polar surface area (TPSA) is 38.3 Å². The molecule has 0 saturated carbocycles. The molecule has 138 valence electrons. The van der Waals surface area contributed by atoms with Crippen molar-refractivity contribution in [2.75, 3.05) is 6.61 Å². The second kappa shape index (κ2) is 8.26. The van der Waals surface area contributed by atoms with Crippen LogP contribution in [0, 0.1) is 0 Å². The Bertz CT molecular complexity index is 533. The highest BCUT2D eigenvalue weighted by Crippen LogP contribution is 2.36. The van der Waals surface area contributed by atoms with Gasteiger partial charge in [0.25, 0.3) is 0 Å². The minimum atomic E-state index is -1.82. The molecule has 0 amide bonds. The Balaban J connectivity index is 2.83. The molecule has 1 aromatic rings. The molecule has 0 heterocycles. The zero-order valence-corrected chi connectivity index (χ0v) is 18.4. The van der Waals surface area contributed by atoms with Gasteiger partial charge in [0.05, 0.1) is 22.3 Å². The Morgan fingerprint density at radius 3 is 2.08 bits per heavy atom. The largest absolute Gasteiger partial charge is 0.415 e. The normalized spacial score (nSPS) is 16.0. The van der Waals surface area contributed by atoms with Crippen molar-refractivity contribution in [2.45, 2.75) is 76.9 Å². The molecule has 0 aromatic heterocycles. The molecule has 2 atom stereocenters. The van der Waals surface area contributed by atoms with Crippen LogP contribution >= 0.6 is 0 Å². The maximum Gasteiger partial charge on any atom is 0.192 e. The molecule has 0 aliphatic carbocycles. The molecule has 1 rings (SSSR count). The predicted octanol–water partition coefficient (Wildman–Crippen LogP) is 4.67. The zero-order chi connectivity index (χ0) is 18.6. The van der Waals surface area contributed by atoms with Gasteiger partial charge in [0, 0.05) is 6.04 Å². The Kier molecular flexibility index (Phi) is 7.41. The smallest absolute Gasteiger partial charge is 0.192 e. The molecule has 0 saturated heterocycles. The van der Waals surface area contributed by atoms with Crippen molar-refractivity contribution >= 4 is 19.3 Å². The van der Waals surface area contributed by atoms with E-state index in [0.29, 0.717) is 6.61 Å². The van der Waals surface area contributed by atoms with Gasteiger partial charge in [-0.05, 0) is 50.9 Å². The number of hydrogen-bond acceptors (Lipinski definition) is 2. The van der Waals surface area contributed by atoms with Crippen molar-refractivity contribution in [2.24, 2.45) is 0 Å². The van der Waals surface area contributed by atoms with E-state index in [0.717, 1.165) is 6.42 Å². The molecule has 5 heteroatoms. The van der Waals surface area contributed by atoms with E-state index in [2.05, 4.69) is 50.7 Å². The summed E-state index contributed by atoms with van der Waals surface area (Å²) in [4.78, 5) is 0. The average Bonchev–Trinajstić information content (AvgIpc) is 2.43. The highest BCUT2D eigenvalue weighted by molar-refractivity contribution is 7.84. The Morgan fingerprint density at radius 2 is 1.62 bits per heavy atom. The highest BCUT2D eigenvalue weighted by Gasteiger charge is 2.37. The predicted molar refractivity (Wildman–Crippen MR) is 108 cm³/mol. The molecule has 1 N–H and O–H groups in total. The van der Waals surface area contributed by atoms with Crippen LogP contribution in [0.15, 0.2) is 30.3 Å². The van der Waals surface area contributed by atoms with E-state index in [4.69, 9.17) is 4.43 Å². The summed E-state index contributed by atoms with van der Waals surface area (Å²) in [5.74, 6) is 0. The molecular weight excluding hydrogens is 334 g/mol. The second-order valence-corrected chi connectivity index (χ2v) is 15.8. The fourth-order valence-corrected chi connectivity index (χ4v) is 3.75. The molecule has 0 spiro atoms. The molecule has 0 radical (unpaired) electrons. The molecule has 3 nitrogen and oxygen atoms in total. The van der Waals surface area contributed by atoms with E-state index in [1.54, 1.807) is 0 Å². The van der Waals surface area contributed by atoms with Gasteiger partial charge in [-0.3, -0.25) is 0 Å². The standard InChI is InChI=1S/C19H35NO2SSi/c1-18(2,3)23(21)20-17(14-16-12-10-9-11-13-16)15-22-24(7,8)19(4,5)6/h9-13,17,20H,14-15H2,1-8H3/t17-,23?/m0/s1. The monoisotopic (exact) mass is 369 g/mol. The Labute approximate surface area is 152 Å². The van der Waals surface area contributed by atoms with Gasteiger partial charge >= 0.3 is 0 Å². The van der Waals surface area contributed by atoms with E-state index in [1.807, 2.05) is 39.0 Å². The number of hydrogen-bond donors (Lipinski definition) is 1. The average molecular weight is 370 g/mol. The van der Waals surface area contributed by atoms with Crippen molar-refractivity contribution in [3.63, 3.8) is 0 Å². The molecule has 0 fully saturated rings. The van der Waals surface area contributed by atoms with Crippen LogP contribution in [0.25, 0.3) is 0 Å². The van der Waals surface area contributed by atoms with Gasteiger partial charge in [0.1, 0.15) is 0 Å². The summed E-state index contributed by atoms with van der Waals surface area (Å²) in [6.45, 7) is 17.8. The summed E-state index contributed by atoms with van der Waals surface area (Å²) in [5, 5.41) is 0.174. The van der Waals surface area contributed by atoms with E-state index < -0.39 is 19.3 Å². The van der Waals surface area contributed by atoms with Crippen molar-refractivity contribution in [1.29, 1.82) is 0 Å². The number of benzene rings is 1. The van der Waals surface area contributed by atoms with Crippen molar-refractivity contribution in [3.8, 4) is 0 Å². The lowest BCUT2D eigenvalue weighted by Crippen LogP contribution is -2.48. The third kappa shape index (κ3) is 6.79. The fraction of sp³-hybridized carbons (Fsp3) is 0.684. The SMILES string of the molecule is CC(C)(C)S(=O)N[C@H](CO[Si](C)(C)C(C)(C)C)Cc1ccccc1. The first kappa shape index (κ1) is 21.5. The maximum absolute atomic E-state index is 12.5. The maximum atomic E-state index is 12.5. The molecule has 0 bridgehead atoms. The summed E-state index contributed by atoms with van der Waals surface area (Å²) < 4.78 is 21.9. The summed E-state index contributed by atoms with van der Waals surface area (Å²) >= 11 is 0. The quantitative estimate of drug-likeness (QED) is 0.709. The van der Waals surface area contributed by atoms with Gasteiger partial charge in [-0.2, -0.15) is 0 Å². The van der Waals surface area contributed by atoms with Gasteiger partial charge in [0.15, 0.2) is 8.32 Å². The van der Waals surface area contributed by atoms with E-state index >= 15 is 0 Å². The second-order valence-electron chi connectivity index (χ2n) is 8.96. The summed E-state index contributed by atoms with van der Waals surface area (Å²) in [7, 11) is -2.93. The van der Waals surface area contributed by atoms with Crippen LogP contribution < -0.4 is 4.72 Å². The summed E-state index contributed by atoms with van der Waals surface area (Å²) in [6, 6.07) is 10.4. The van der Waals surface area contributed by atoms with Crippen LogP contribution in [-0.4, -0.2) is 29.9 Å². The van der Waals surface area contributed by atoms with Crippen LogP contribution in [0.1, 0.15) is 47.1 Å². The van der Waals surface area contributed by atoms with Gasteiger partial charge in [-0.25, -0.2) is 8.93 Å². The van der Waals surface area contributed by atoms with E-state index in [9.17, 15) is 4.21 Å². The first-order valence-corrected chi connectivity index (χ1v) is 12.7. The molecule has 1 unspecified atom stereocenters. The number of rotatable bonds is 7. The lowest BCUT2D eigenvalue weighted by atomic mass is 10.1. The number of nitrogens with one attached hydrogen (secondary N) is 1. The van der Waals surface area contributed by atoms with E-state index in [-0.39, 0.29) is 15.8 Å². The van der Waals surface area contributed by atoms with Crippen LogP contribution in [-0.2, 0) is 21.8 Å². The van der Waals surface area contributed by atoms with Crippen LogP contribution in [0.5, 0.6) is 0 Å². The highest BCUT2D eigenvalue weighted by atomic mass is 32.2. The van der Waals surface area contributed by atoms with E-state index in [1.165, 1.54) is 5.56 Å². The van der Waals surface area contributed by atoms with Crippen molar-refractivity contribution in [3.05, 3.63) is 35.9 Å². The lowest BCUT2D eigenvalue weighted by Gasteiger charge is -2.37. The molecule has 0 aliphatic rings. The van der Waals surface area contributed by atoms with Gasteiger partial charge < -0.3 is 4.43 Å². The van der Waals surface area contributed by atoms with Crippen LogP contribution in [0.2, 0.25) is 18.1 Å². The van der Waals surface area contributed by atoms with Gasteiger partial charge in [-0.1, -0.05) is 51.1 Å². The van der Waals surface area contributed by atoms with Gasteiger partial charge in [-0.15, -0.1) is 0 Å². The summed E-state index contributed by atoms with van der Waals surface area (Å²) in [5.41, 5.74) is 1.24. The van der Waals surface area contributed by atoms with Crippen LogP contribution in [0.4, 0.5) is 0 Å².